The minimum absolute atomic E-state index is 0.0330. The Balaban J connectivity index is 1.61. The van der Waals surface area contributed by atoms with E-state index in [2.05, 4.69) is 5.32 Å². The van der Waals surface area contributed by atoms with Crippen molar-refractivity contribution in [1.29, 1.82) is 0 Å². The summed E-state index contributed by atoms with van der Waals surface area (Å²) in [7, 11) is 0. The van der Waals surface area contributed by atoms with Crippen LogP contribution in [0, 0.1) is 0 Å². The highest BCUT2D eigenvalue weighted by molar-refractivity contribution is 5.81. The largest absolute Gasteiger partial charge is 0.378 e. The Morgan fingerprint density at radius 1 is 1.33 bits per heavy atom. The Morgan fingerprint density at radius 2 is 2.17 bits per heavy atom. The molecule has 0 aliphatic carbocycles. The van der Waals surface area contributed by atoms with Crippen molar-refractivity contribution >= 4 is 17.9 Å². The number of hydrogen-bond acceptors (Lipinski definition) is 3. The maximum Gasteiger partial charge on any atom is 0.223 e. The first kappa shape index (κ1) is 16.7. The van der Waals surface area contributed by atoms with E-state index in [1.165, 1.54) is 6.92 Å². The molecule has 5 heteroatoms. The van der Waals surface area contributed by atoms with Crippen LogP contribution in [0.3, 0.4) is 0 Å². The lowest BCUT2D eigenvalue weighted by Crippen LogP contribution is -2.35. The van der Waals surface area contributed by atoms with Crippen LogP contribution in [-0.4, -0.2) is 36.0 Å². The zero-order valence-electron chi connectivity index (χ0n) is 14.0. The second-order valence-electron chi connectivity index (χ2n) is 6.36. The number of nitrogens with zero attached hydrogens (tertiary/aromatic N) is 1. The number of rotatable bonds is 5. The fourth-order valence-electron chi connectivity index (χ4n) is 3.41. The number of hydrogen-bond donors (Lipinski definition) is 1. The molecule has 2 heterocycles. The van der Waals surface area contributed by atoms with E-state index in [1.807, 2.05) is 30.3 Å². The third-order valence-corrected chi connectivity index (χ3v) is 4.66. The van der Waals surface area contributed by atoms with Gasteiger partial charge < -0.3 is 15.0 Å². The molecule has 1 aromatic carbocycles. The van der Waals surface area contributed by atoms with E-state index in [9.17, 15) is 9.59 Å². The topological polar surface area (TPSA) is 58.6 Å². The first-order chi connectivity index (χ1) is 11.6. The third-order valence-electron chi connectivity index (χ3n) is 4.66. The Labute approximate surface area is 142 Å². The molecule has 0 spiro atoms. The molecule has 128 valence electrons. The molecule has 1 fully saturated rings. The number of amides is 2. The van der Waals surface area contributed by atoms with Crippen molar-refractivity contribution < 1.29 is 14.3 Å². The van der Waals surface area contributed by atoms with E-state index in [1.54, 1.807) is 11.1 Å². The molecule has 3 rings (SSSR count). The number of ether oxygens (including phenoxy) is 1. The fourth-order valence-corrected chi connectivity index (χ4v) is 3.41. The van der Waals surface area contributed by atoms with Gasteiger partial charge in [-0.25, -0.2) is 0 Å². The lowest BCUT2D eigenvalue weighted by atomic mass is 9.93. The number of nitrogens with one attached hydrogen (secondary N) is 1. The van der Waals surface area contributed by atoms with Crippen LogP contribution in [0.25, 0.3) is 6.08 Å². The SMILES string of the molecule is CC(=O)N1C=Cc2ccccc2[C@@H]1CC(=O)NCC[C@@H]1CCCO1. The van der Waals surface area contributed by atoms with Gasteiger partial charge in [0.15, 0.2) is 0 Å². The highest BCUT2D eigenvalue weighted by Crippen LogP contribution is 2.32. The van der Waals surface area contributed by atoms with Crippen molar-refractivity contribution in [3.8, 4) is 0 Å². The van der Waals surface area contributed by atoms with Gasteiger partial charge in [-0.2, -0.15) is 0 Å². The molecular formula is C19H24N2O3. The lowest BCUT2D eigenvalue weighted by molar-refractivity contribution is -0.129. The molecule has 1 aromatic rings. The summed E-state index contributed by atoms with van der Waals surface area (Å²) in [6, 6.07) is 7.65. The Morgan fingerprint density at radius 3 is 2.92 bits per heavy atom. The normalized spacial score (nSPS) is 22.3. The van der Waals surface area contributed by atoms with Crippen LogP contribution in [0.4, 0.5) is 0 Å². The smallest absolute Gasteiger partial charge is 0.223 e. The maximum absolute atomic E-state index is 12.3. The second-order valence-corrected chi connectivity index (χ2v) is 6.36. The van der Waals surface area contributed by atoms with Crippen LogP contribution in [0.1, 0.15) is 49.8 Å². The van der Waals surface area contributed by atoms with Gasteiger partial charge in [-0.05, 0) is 36.5 Å². The zero-order chi connectivity index (χ0) is 16.9. The molecule has 0 unspecified atom stereocenters. The van der Waals surface area contributed by atoms with Gasteiger partial charge in [0, 0.05) is 26.3 Å². The number of carbonyl (C=O) groups excluding carboxylic acids is 2. The first-order valence-electron chi connectivity index (χ1n) is 8.59. The average molecular weight is 328 g/mol. The lowest BCUT2D eigenvalue weighted by Gasteiger charge is -2.32. The van der Waals surface area contributed by atoms with Gasteiger partial charge in [-0.15, -0.1) is 0 Å². The van der Waals surface area contributed by atoms with Crippen molar-refractivity contribution in [3.05, 3.63) is 41.6 Å². The van der Waals surface area contributed by atoms with Gasteiger partial charge in [0.2, 0.25) is 11.8 Å². The van der Waals surface area contributed by atoms with E-state index in [0.717, 1.165) is 37.0 Å². The number of carbonyl (C=O) groups is 2. The van der Waals surface area contributed by atoms with Gasteiger partial charge in [-0.1, -0.05) is 24.3 Å². The summed E-state index contributed by atoms with van der Waals surface area (Å²) in [5.74, 6) is -0.0905. The van der Waals surface area contributed by atoms with Gasteiger partial charge in [0.1, 0.15) is 0 Å². The van der Waals surface area contributed by atoms with Crippen LogP contribution in [0.5, 0.6) is 0 Å². The molecule has 2 atom stereocenters. The molecule has 5 nitrogen and oxygen atoms in total. The standard InChI is InChI=1S/C19H24N2O3/c1-14(22)21-11-9-15-5-2-3-7-17(15)18(21)13-19(23)20-10-8-16-6-4-12-24-16/h2-3,5,7,9,11,16,18H,4,6,8,10,12-13H2,1H3,(H,20,23)/t16-,18-/m0/s1. The van der Waals surface area contributed by atoms with Crippen LogP contribution >= 0.6 is 0 Å². The quantitative estimate of drug-likeness (QED) is 0.904. The molecule has 2 aliphatic heterocycles. The van der Waals surface area contributed by atoms with Gasteiger partial charge in [0.05, 0.1) is 18.6 Å². The second kappa shape index (κ2) is 7.62. The van der Waals surface area contributed by atoms with E-state index < -0.39 is 0 Å². The van der Waals surface area contributed by atoms with E-state index in [-0.39, 0.29) is 30.4 Å². The molecule has 2 amide bonds. The summed E-state index contributed by atoms with van der Waals surface area (Å²) < 4.78 is 5.57. The van der Waals surface area contributed by atoms with Gasteiger partial charge >= 0.3 is 0 Å². The van der Waals surface area contributed by atoms with Crippen molar-refractivity contribution in [2.75, 3.05) is 13.2 Å². The maximum atomic E-state index is 12.3. The summed E-state index contributed by atoms with van der Waals surface area (Å²) in [4.78, 5) is 25.9. The van der Waals surface area contributed by atoms with Gasteiger partial charge in [0.25, 0.3) is 0 Å². The van der Waals surface area contributed by atoms with Crippen molar-refractivity contribution in [3.63, 3.8) is 0 Å². The van der Waals surface area contributed by atoms with E-state index in [4.69, 9.17) is 4.74 Å². The minimum atomic E-state index is -0.244. The molecule has 1 N–H and O–H groups in total. The van der Waals surface area contributed by atoms with Crippen molar-refractivity contribution in [2.24, 2.45) is 0 Å². The monoisotopic (exact) mass is 328 g/mol. The summed E-state index contributed by atoms with van der Waals surface area (Å²) in [6.45, 7) is 2.98. The minimum Gasteiger partial charge on any atom is -0.378 e. The molecule has 24 heavy (non-hydrogen) atoms. The molecule has 0 bridgehead atoms. The van der Waals surface area contributed by atoms with E-state index in [0.29, 0.717) is 6.54 Å². The van der Waals surface area contributed by atoms with Gasteiger partial charge in [-0.3, -0.25) is 9.59 Å². The van der Waals surface area contributed by atoms with Crippen LogP contribution in [0.2, 0.25) is 0 Å². The first-order valence-corrected chi connectivity index (χ1v) is 8.59. The zero-order valence-corrected chi connectivity index (χ0v) is 14.0. The molecule has 0 aromatic heterocycles. The summed E-state index contributed by atoms with van der Waals surface area (Å²) in [5, 5.41) is 2.97. The third kappa shape index (κ3) is 3.85. The van der Waals surface area contributed by atoms with Crippen LogP contribution in [0.15, 0.2) is 30.5 Å². The van der Waals surface area contributed by atoms with Crippen LogP contribution < -0.4 is 5.32 Å². The predicted molar refractivity (Wildman–Crippen MR) is 92.0 cm³/mol. The summed E-state index contributed by atoms with van der Waals surface area (Å²) >= 11 is 0. The fraction of sp³-hybridized carbons (Fsp3) is 0.474. The number of benzene rings is 1. The Bertz CT molecular complexity index is 635. The highest BCUT2D eigenvalue weighted by Gasteiger charge is 2.28. The summed E-state index contributed by atoms with van der Waals surface area (Å²) in [5.41, 5.74) is 2.08. The Hall–Kier alpha value is -2.14. The number of fused-ring (bicyclic) bond motifs is 1. The molecular weight excluding hydrogens is 304 g/mol. The average Bonchev–Trinajstić information content (AvgIpc) is 3.08. The molecule has 0 saturated carbocycles. The van der Waals surface area contributed by atoms with E-state index >= 15 is 0 Å². The highest BCUT2D eigenvalue weighted by atomic mass is 16.5. The van der Waals surface area contributed by atoms with Crippen molar-refractivity contribution in [2.45, 2.75) is 44.8 Å². The van der Waals surface area contributed by atoms with Crippen molar-refractivity contribution in [1.82, 2.24) is 10.2 Å². The predicted octanol–water partition coefficient (Wildman–Crippen LogP) is 2.64. The Kier molecular flexibility index (Phi) is 5.30. The van der Waals surface area contributed by atoms with Crippen LogP contribution in [-0.2, 0) is 14.3 Å². The molecule has 2 aliphatic rings. The molecule has 0 radical (unpaired) electrons. The molecule has 1 saturated heterocycles. The summed E-state index contributed by atoms with van der Waals surface area (Å²) in [6.07, 6.45) is 7.27.